The maximum absolute atomic E-state index is 12.8. The van der Waals surface area contributed by atoms with Crippen LogP contribution in [0, 0.1) is 5.92 Å². The summed E-state index contributed by atoms with van der Waals surface area (Å²) in [6, 6.07) is 3.22. The summed E-state index contributed by atoms with van der Waals surface area (Å²) in [6.45, 7) is 1.84. The molecule has 4 nitrogen and oxygen atoms in total. The first kappa shape index (κ1) is 15.0. The first-order valence-corrected chi connectivity index (χ1v) is 7.24. The highest BCUT2D eigenvalue weighted by Crippen LogP contribution is 2.29. The largest absolute Gasteiger partial charge is 0.416 e. The van der Waals surface area contributed by atoms with Gasteiger partial charge in [-0.05, 0) is 50.4 Å². The summed E-state index contributed by atoms with van der Waals surface area (Å²) in [5.74, 6) is 0.369. The van der Waals surface area contributed by atoms with E-state index in [1.54, 1.807) is 0 Å². The minimum absolute atomic E-state index is 0.0427. The summed E-state index contributed by atoms with van der Waals surface area (Å²) in [7, 11) is 0. The number of nitrogens with zero attached hydrogens (tertiary/aromatic N) is 2. The number of pyridine rings is 1. The minimum Gasteiger partial charge on any atom is -0.316 e. The van der Waals surface area contributed by atoms with Crippen molar-refractivity contribution in [1.82, 2.24) is 14.7 Å². The van der Waals surface area contributed by atoms with Gasteiger partial charge in [-0.3, -0.25) is 9.20 Å². The number of aromatic nitrogens is 2. The highest BCUT2D eigenvalue weighted by Gasteiger charge is 2.30. The fourth-order valence-electron chi connectivity index (χ4n) is 2.83. The van der Waals surface area contributed by atoms with Gasteiger partial charge in [0.15, 0.2) is 0 Å². The molecule has 0 amide bonds. The number of rotatable bonds is 2. The Kier molecular flexibility index (Phi) is 3.90. The van der Waals surface area contributed by atoms with Crippen LogP contribution < -0.4 is 10.9 Å². The van der Waals surface area contributed by atoms with Crippen LogP contribution in [0.1, 0.15) is 24.1 Å². The van der Waals surface area contributed by atoms with Crippen molar-refractivity contribution in [3.63, 3.8) is 0 Å². The van der Waals surface area contributed by atoms with E-state index in [1.165, 1.54) is 6.07 Å². The molecule has 3 rings (SSSR count). The number of hydrogen-bond acceptors (Lipinski definition) is 3. The molecule has 0 spiro atoms. The molecule has 0 aromatic carbocycles. The molecule has 1 aliphatic rings. The van der Waals surface area contributed by atoms with E-state index in [0.717, 1.165) is 48.7 Å². The summed E-state index contributed by atoms with van der Waals surface area (Å²) in [5.41, 5.74) is -0.549. The first-order chi connectivity index (χ1) is 10.4. The molecule has 3 heterocycles. The Bertz CT molecular complexity index is 733. The third-order valence-corrected chi connectivity index (χ3v) is 3.94. The Hall–Kier alpha value is -1.89. The normalized spacial score (nSPS) is 19.5. The standard InChI is InChI=1S/C15H16F3N3O/c16-15(17,18)11-3-5-21-13(7-11)20-12(8-14(21)22)6-10-2-1-4-19-9-10/h3,5,7-8,10,19H,1-2,4,6,9H2. The van der Waals surface area contributed by atoms with Crippen molar-refractivity contribution in [2.45, 2.75) is 25.4 Å². The predicted octanol–water partition coefficient (Wildman–Crippen LogP) is 2.26. The molecular formula is C15H16F3N3O. The van der Waals surface area contributed by atoms with E-state index in [9.17, 15) is 18.0 Å². The minimum atomic E-state index is -4.44. The van der Waals surface area contributed by atoms with E-state index < -0.39 is 11.7 Å². The molecule has 1 saturated heterocycles. The number of piperidine rings is 1. The van der Waals surface area contributed by atoms with Crippen LogP contribution in [-0.4, -0.2) is 22.5 Å². The highest BCUT2D eigenvalue weighted by atomic mass is 19.4. The van der Waals surface area contributed by atoms with Crippen LogP contribution in [0.5, 0.6) is 0 Å². The summed E-state index contributed by atoms with van der Waals surface area (Å²) in [6.07, 6.45) is -0.608. The molecule has 0 bridgehead atoms. The van der Waals surface area contributed by atoms with Gasteiger partial charge in [0.2, 0.25) is 0 Å². The maximum Gasteiger partial charge on any atom is 0.416 e. The van der Waals surface area contributed by atoms with Gasteiger partial charge in [-0.25, -0.2) is 4.98 Å². The van der Waals surface area contributed by atoms with Crippen molar-refractivity contribution in [1.29, 1.82) is 0 Å². The van der Waals surface area contributed by atoms with Crippen LogP contribution in [0.3, 0.4) is 0 Å². The lowest BCUT2D eigenvalue weighted by Crippen LogP contribution is -2.31. The van der Waals surface area contributed by atoms with Gasteiger partial charge in [0.05, 0.1) is 5.56 Å². The Morgan fingerprint density at radius 3 is 2.86 bits per heavy atom. The summed E-state index contributed by atoms with van der Waals surface area (Å²) < 4.78 is 39.4. The smallest absolute Gasteiger partial charge is 0.316 e. The van der Waals surface area contributed by atoms with Crippen LogP contribution >= 0.6 is 0 Å². The van der Waals surface area contributed by atoms with Crippen LogP contribution in [0.4, 0.5) is 13.2 Å². The maximum atomic E-state index is 12.8. The third kappa shape index (κ3) is 3.14. The molecule has 1 unspecified atom stereocenters. The van der Waals surface area contributed by atoms with Gasteiger partial charge >= 0.3 is 6.18 Å². The Morgan fingerprint density at radius 1 is 1.36 bits per heavy atom. The van der Waals surface area contributed by atoms with Gasteiger partial charge in [0.1, 0.15) is 5.65 Å². The molecule has 1 aliphatic heterocycles. The molecule has 0 radical (unpaired) electrons. The number of hydrogen-bond donors (Lipinski definition) is 1. The van der Waals surface area contributed by atoms with Crippen LogP contribution in [0.25, 0.3) is 5.65 Å². The Balaban J connectivity index is 1.96. The lowest BCUT2D eigenvalue weighted by molar-refractivity contribution is -0.137. The zero-order valence-electron chi connectivity index (χ0n) is 11.9. The average molecular weight is 311 g/mol. The number of alkyl halides is 3. The molecule has 0 aliphatic carbocycles. The van der Waals surface area contributed by atoms with Gasteiger partial charge in [-0.2, -0.15) is 13.2 Å². The molecule has 22 heavy (non-hydrogen) atoms. The monoisotopic (exact) mass is 311 g/mol. The highest BCUT2D eigenvalue weighted by molar-refractivity contribution is 5.42. The van der Waals surface area contributed by atoms with Crippen molar-refractivity contribution >= 4 is 5.65 Å². The second-order valence-electron chi connectivity index (χ2n) is 5.64. The van der Waals surface area contributed by atoms with Gasteiger partial charge in [0.25, 0.3) is 5.56 Å². The van der Waals surface area contributed by atoms with Crippen molar-refractivity contribution < 1.29 is 13.2 Å². The lowest BCUT2D eigenvalue weighted by atomic mass is 9.94. The first-order valence-electron chi connectivity index (χ1n) is 7.24. The molecule has 1 fully saturated rings. The van der Waals surface area contributed by atoms with E-state index in [2.05, 4.69) is 10.3 Å². The van der Waals surface area contributed by atoms with Crippen LogP contribution in [0.2, 0.25) is 0 Å². The summed E-state index contributed by atoms with van der Waals surface area (Å²) in [5, 5.41) is 3.28. The van der Waals surface area contributed by atoms with E-state index in [1.807, 2.05) is 0 Å². The summed E-state index contributed by atoms with van der Waals surface area (Å²) in [4.78, 5) is 16.3. The van der Waals surface area contributed by atoms with Gasteiger partial charge < -0.3 is 5.32 Å². The van der Waals surface area contributed by atoms with E-state index in [4.69, 9.17) is 0 Å². The quantitative estimate of drug-likeness (QED) is 0.925. The van der Waals surface area contributed by atoms with E-state index in [0.29, 0.717) is 18.0 Å². The van der Waals surface area contributed by atoms with Crippen molar-refractivity contribution in [2.24, 2.45) is 5.92 Å². The second-order valence-corrected chi connectivity index (χ2v) is 5.64. The average Bonchev–Trinajstić information content (AvgIpc) is 2.47. The molecule has 118 valence electrons. The molecule has 2 aromatic heterocycles. The molecule has 1 N–H and O–H groups in total. The number of fused-ring (bicyclic) bond motifs is 1. The van der Waals surface area contributed by atoms with Crippen LogP contribution in [-0.2, 0) is 12.6 Å². The SMILES string of the molecule is O=c1cc(CC2CCCNC2)nc2cc(C(F)(F)F)ccn12. The third-order valence-electron chi connectivity index (χ3n) is 3.94. The fraction of sp³-hybridized carbons (Fsp3) is 0.467. The zero-order valence-corrected chi connectivity index (χ0v) is 11.9. The number of nitrogens with one attached hydrogen (secondary N) is 1. The topological polar surface area (TPSA) is 46.4 Å². The van der Waals surface area contributed by atoms with E-state index >= 15 is 0 Å². The second kappa shape index (κ2) is 5.72. The van der Waals surface area contributed by atoms with E-state index in [-0.39, 0.29) is 11.2 Å². The van der Waals surface area contributed by atoms with Crippen molar-refractivity contribution in [3.05, 3.63) is 46.0 Å². The van der Waals surface area contributed by atoms with Crippen molar-refractivity contribution in [2.75, 3.05) is 13.1 Å². The van der Waals surface area contributed by atoms with Gasteiger partial charge in [0, 0.05) is 18.0 Å². The molecule has 2 aromatic rings. The fourth-order valence-corrected chi connectivity index (χ4v) is 2.83. The predicted molar refractivity (Wildman–Crippen MR) is 75.8 cm³/mol. The van der Waals surface area contributed by atoms with Crippen molar-refractivity contribution in [3.8, 4) is 0 Å². The lowest BCUT2D eigenvalue weighted by Gasteiger charge is -2.22. The molecule has 7 heteroatoms. The molecule has 0 saturated carbocycles. The van der Waals surface area contributed by atoms with Gasteiger partial charge in [-0.15, -0.1) is 0 Å². The van der Waals surface area contributed by atoms with Crippen LogP contribution in [0.15, 0.2) is 29.2 Å². The Morgan fingerprint density at radius 2 is 2.18 bits per heavy atom. The number of halogens is 3. The van der Waals surface area contributed by atoms with Gasteiger partial charge in [-0.1, -0.05) is 0 Å². The molecule has 1 atom stereocenters. The molecular weight excluding hydrogens is 295 g/mol. The summed E-state index contributed by atoms with van der Waals surface area (Å²) >= 11 is 0. The zero-order chi connectivity index (χ0) is 15.7. The Labute approximate surface area is 125 Å².